The first-order valence-corrected chi connectivity index (χ1v) is 6.67. The zero-order valence-electron chi connectivity index (χ0n) is 10.8. The summed E-state index contributed by atoms with van der Waals surface area (Å²) in [4.78, 5) is 20.2. The van der Waals surface area contributed by atoms with Crippen molar-refractivity contribution in [1.29, 1.82) is 0 Å². The number of carbonyl (C=O) groups is 1. The van der Waals surface area contributed by atoms with Crippen LogP contribution >= 0.6 is 0 Å². The van der Waals surface area contributed by atoms with Crippen LogP contribution in [0, 0.1) is 0 Å². The minimum absolute atomic E-state index is 0.131. The minimum atomic E-state index is -0.131. The molecule has 0 aromatic carbocycles. The molecule has 1 aromatic heterocycles. The summed E-state index contributed by atoms with van der Waals surface area (Å²) in [5, 5.41) is 6.10. The second-order valence-electron chi connectivity index (χ2n) is 4.65. The molecule has 0 bridgehead atoms. The van der Waals surface area contributed by atoms with Gasteiger partial charge in [0, 0.05) is 18.8 Å². The molecule has 0 radical (unpaired) electrons. The molecule has 0 saturated heterocycles. The molecule has 5 nitrogen and oxygen atoms in total. The van der Waals surface area contributed by atoms with Gasteiger partial charge in [0.2, 0.25) is 5.95 Å². The molecule has 0 unspecified atom stereocenters. The highest BCUT2D eigenvalue weighted by molar-refractivity contribution is 5.92. The number of nitrogens with zero attached hydrogens (tertiary/aromatic N) is 2. The fraction of sp³-hybridized carbons (Fsp3) is 0.615. The zero-order valence-corrected chi connectivity index (χ0v) is 10.8. The number of hydrogen-bond acceptors (Lipinski definition) is 4. The van der Waals surface area contributed by atoms with E-state index in [0.29, 0.717) is 24.2 Å². The van der Waals surface area contributed by atoms with Crippen LogP contribution in [0.15, 0.2) is 12.3 Å². The van der Waals surface area contributed by atoms with E-state index in [4.69, 9.17) is 0 Å². The maximum atomic E-state index is 11.8. The fourth-order valence-electron chi connectivity index (χ4n) is 2.14. The predicted octanol–water partition coefficient (Wildman–Crippen LogP) is 1.97. The molecule has 1 aromatic rings. The van der Waals surface area contributed by atoms with E-state index in [2.05, 4.69) is 20.6 Å². The van der Waals surface area contributed by atoms with E-state index in [-0.39, 0.29) is 5.91 Å². The minimum Gasteiger partial charge on any atom is -0.351 e. The van der Waals surface area contributed by atoms with Gasteiger partial charge < -0.3 is 10.6 Å². The summed E-state index contributed by atoms with van der Waals surface area (Å²) in [5.74, 6) is 0.430. The first-order chi connectivity index (χ1) is 8.79. The van der Waals surface area contributed by atoms with Gasteiger partial charge >= 0.3 is 0 Å². The van der Waals surface area contributed by atoms with E-state index in [1.54, 1.807) is 12.3 Å². The molecular weight excluding hydrogens is 228 g/mol. The molecule has 5 heteroatoms. The topological polar surface area (TPSA) is 66.9 Å². The highest BCUT2D eigenvalue weighted by Gasteiger charge is 2.16. The van der Waals surface area contributed by atoms with Crippen LogP contribution in [0.5, 0.6) is 0 Å². The third kappa shape index (κ3) is 3.42. The summed E-state index contributed by atoms with van der Waals surface area (Å²) in [6.07, 6.45) is 7.39. The quantitative estimate of drug-likeness (QED) is 0.836. The summed E-state index contributed by atoms with van der Waals surface area (Å²) >= 11 is 0. The van der Waals surface area contributed by atoms with Crippen LogP contribution in [0.3, 0.4) is 0 Å². The summed E-state index contributed by atoms with van der Waals surface area (Å²) < 4.78 is 0. The Morgan fingerprint density at radius 2 is 2.22 bits per heavy atom. The lowest BCUT2D eigenvalue weighted by Gasteiger charge is -2.12. The van der Waals surface area contributed by atoms with Gasteiger partial charge in [-0.2, -0.15) is 0 Å². The molecule has 1 aliphatic carbocycles. The molecule has 1 fully saturated rings. The molecule has 1 heterocycles. The van der Waals surface area contributed by atoms with Gasteiger partial charge in [0.25, 0.3) is 5.91 Å². The van der Waals surface area contributed by atoms with Crippen molar-refractivity contribution in [3.8, 4) is 0 Å². The van der Waals surface area contributed by atoms with Crippen LogP contribution < -0.4 is 10.6 Å². The molecule has 2 N–H and O–H groups in total. The van der Waals surface area contributed by atoms with Gasteiger partial charge in [-0.05, 0) is 25.3 Å². The predicted molar refractivity (Wildman–Crippen MR) is 70.5 cm³/mol. The SMILES string of the molecule is CCCNC(=O)c1ccnc(NC2CCCC2)n1. The van der Waals surface area contributed by atoms with E-state index in [0.717, 1.165) is 19.3 Å². The Bertz CT molecular complexity index is 402. The van der Waals surface area contributed by atoms with E-state index >= 15 is 0 Å². The number of aromatic nitrogens is 2. The zero-order chi connectivity index (χ0) is 12.8. The second-order valence-corrected chi connectivity index (χ2v) is 4.65. The Balaban J connectivity index is 1.97. The first kappa shape index (κ1) is 12.8. The Kier molecular flexibility index (Phi) is 4.50. The van der Waals surface area contributed by atoms with Crippen LogP contribution in [0.2, 0.25) is 0 Å². The molecule has 2 rings (SSSR count). The van der Waals surface area contributed by atoms with E-state index < -0.39 is 0 Å². The Labute approximate surface area is 107 Å². The lowest BCUT2D eigenvalue weighted by Crippen LogP contribution is -2.26. The third-order valence-electron chi connectivity index (χ3n) is 3.11. The maximum absolute atomic E-state index is 11.8. The highest BCUT2D eigenvalue weighted by Crippen LogP contribution is 2.20. The average molecular weight is 248 g/mol. The number of carbonyl (C=O) groups excluding carboxylic acids is 1. The summed E-state index contributed by atoms with van der Waals surface area (Å²) in [6, 6.07) is 2.10. The molecular formula is C13H20N4O. The van der Waals surface area contributed by atoms with Gasteiger partial charge in [-0.25, -0.2) is 9.97 Å². The van der Waals surface area contributed by atoms with Crippen molar-refractivity contribution in [2.24, 2.45) is 0 Å². The van der Waals surface area contributed by atoms with Crippen LogP contribution in [0.25, 0.3) is 0 Å². The van der Waals surface area contributed by atoms with E-state index in [1.807, 2.05) is 6.92 Å². The summed E-state index contributed by atoms with van der Waals surface area (Å²) in [5.41, 5.74) is 0.430. The molecule has 0 atom stereocenters. The van der Waals surface area contributed by atoms with Crippen LogP contribution in [0.1, 0.15) is 49.5 Å². The van der Waals surface area contributed by atoms with E-state index in [9.17, 15) is 4.79 Å². The summed E-state index contributed by atoms with van der Waals surface area (Å²) in [6.45, 7) is 2.70. The van der Waals surface area contributed by atoms with Crippen LogP contribution in [0.4, 0.5) is 5.95 Å². The standard InChI is InChI=1S/C13H20N4O/c1-2-8-14-12(18)11-7-9-15-13(17-11)16-10-5-3-4-6-10/h7,9-10H,2-6,8H2,1H3,(H,14,18)(H,15,16,17). The van der Waals surface area contributed by atoms with Gasteiger partial charge in [0.1, 0.15) is 5.69 Å². The van der Waals surface area contributed by atoms with Gasteiger partial charge in [0.15, 0.2) is 0 Å². The highest BCUT2D eigenvalue weighted by atomic mass is 16.1. The smallest absolute Gasteiger partial charge is 0.270 e. The van der Waals surface area contributed by atoms with Gasteiger partial charge in [0.05, 0.1) is 0 Å². The molecule has 18 heavy (non-hydrogen) atoms. The number of rotatable bonds is 5. The molecule has 1 aliphatic rings. The van der Waals surface area contributed by atoms with Crippen molar-refractivity contribution in [1.82, 2.24) is 15.3 Å². The molecule has 0 aliphatic heterocycles. The van der Waals surface area contributed by atoms with Gasteiger partial charge in [-0.15, -0.1) is 0 Å². The maximum Gasteiger partial charge on any atom is 0.270 e. The lowest BCUT2D eigenvalue weighted by molar-refractivity contribution is 0.0948. The normalized spacial score (nSPS) is 15.6. The Morgan fingerprint density at radius 3 is 2.94 bits per heavy atom. The molecule has 1 saturated carbocycles. The lowest BCUT2D eigenvalue weighted by atomic mass is 10.2. The number of amides is 1. The monoisotopic (exact) mass is 248 g/mol. The Morgan fingerprint density at radius 1 is 1.44 bits per heavy atom. The van der Waals surface area contributed by atoms with Crippen molar-refractivity contribution in [3.63, 3.8) is 0 Å². The molecule has 0 spiro atoms. The summed E-state index contributed by atoms with van der Waals surface area (Å²) in [7, 11) is 0. The number of anilines is 1. The average Bonchev–Trinajstić information content (AvgIpc) is 2.89. The first-order valence-electron chi connectivity index (χ1n) is 6.67. The van der Waals surface area contributed by atoms with Crippen molar-refractivity contribution in [2.45, 2.75) is 45.1 Å². The number of nitrogens with one attached hydrogen (secondary N) is 2. The largest absolute Gasteiger partial charge is 0.351 e. The fourth-order valence-corrected chi connectivity index (χ4v) is 2.14. The number of hydrogen-bond donors (Lipinski definition) is 2. The van der Waals surface area contributed by atoms with Crippen molar-refractivity contribution >= 4 is 11.9 Å². The van der Waals surface area contributed by atoms with Crippen LogP contribution in [-0.4, -0.2) is 28.5 Å². The molecule has 98 valence electrons. The second kappa shape index (κ2) is 6.33. The van der Waals surface area contributed by atoms with Gasteiger partial charge in [-0.1, -0.05) is 19.8 Å². The van der Waals surface area contributed by atoms with Crippen molar-refractivity contribution in [3.05, 3.63) is 18.0 Å². The van der Waals surface area contributed by atoms with Crippen LogP contribution in [-0.2, 0) is 0 Å². The van der Waals surface area contributed by atoms with Crippen molar-refractivity contribution in [2.75, 3.05) is 11.9 Å². The molecule has 1 amide bonds. The van der Waals surface area contributed by atoms with Gasteiger partial charge in [-0.3, -0.25) is 4.79 Å². The van der Waals surface area contributed by atoms with E-state index in [1.165, 1.54) is 12.8 Å². The Hall–Kier alpha value is -1.65. The van der Waals surface area contributed by atoms with Crippen molar-refractivity contribution < 1.29 is 4.79 Å². The third-order valence-corrected chi connectivity index (χ3v) is 3.11.